The fourth-order valence-corrected chi connectivity index (χ4v) is 1.89. The molecule has 2 saturated carbocycles. The van der Waals surface area contributed by atoms with Crippen LogP contribution in [0.3, 0.4) is 0 Å². The Bertz CT molecular complexity index is 298. The number of carbonyl (C=O) groups is 2. The monoisotopic (exact) mass is 240 g/mol. The number of amides is 1. The van der Waals surface area contributed by atoms with E-state index in [-0.39, 0.29) is 12.3 Å². The van der Waals surface area contributed by atoms with E-state index in [4.69, 9.17) is 5.11 Å². The minimum Gasteiger partial charge on any atom is -0.481 e. The molecule has 96 valence electrons. The average Bonchev–Trinajstić information content (AvgIpc) is 3.15. The van der Waals surface area contributed by atoms with E-state index in [1.807, 2.05) is 4.90 Å². The zero-order valence-corrected chi connectivity index (χ0v) is 10.0. The Morgan fingerprint density at radius 2 is 1.94 bits per heavy atom. The first kappa shape index (κ1) is 12.4. The molecule has 0 atom stereocenters. The number of hydrogen-bond donors (Lipinski definition) is 2. The van der Waals surface area contributed by atoms with Gasteiger partial charge in [0.1, 0.15) is 0 Å². The van der Waals surface area contributed by atoms with Crippen LogP contribution in [0.4, 0.5) is 0 Å². The molecule has 0 aromatic heterocycles. The molecule has 0 unspecified atom stereocenters. The number of carboxylic acid groups (broad SMARTS) is 1. The molecular formula is C12H20N2O3. The number of aliphatic carboxylic acids is 1. The van der Waals surface area contributed by atoms with Crippen molar-refractivity contribution in [2.24, 2.45) is 5.92 Å². The second-order valence-corrected chi connectivity index (χ2v) is 5.09. The van der Waals surface area contributed by atoms with E-state index in [1.54, 1.807) is 0 Å². The minimum absolute atomic E-state index is 0.0363. The predicted molar refractivity (Wildman–Crippen MR) is 62.6 cm³/mol. The predicted octanol–water partition coefficient (Wildman–Crippen LogP) is 0.452. The normalized spacial score (nSPS) is 19.4. The third kappa shape index (κ3) is 4.73. The van der Waals surface area contributed by atoms with Gasteiger partial charge in [-0.1, -0.05) is 0 Å². The van der Waals surface area contributed by atoms with E-state index in [0.717, 1.165) is 19.4 Å². The molecule has 2 rings (SSSR count). The van der Waals surface area contributed by atoms with Crippen LogP contribution >= 0.6 is 0 Å². The van der Waals surface area contributed by atoms with Crippen LogP contribution in [0.25, 0.3) is 0 Å². The molecule has 0 bridgehead atoms. The zero-order chi connectivity index (χ0) is 12.3. The van der Waals surface area contributed by atoms with Gasteiger partial charge in [0, 0.05) is 19.1 Å². The molecule has 1 amide bonds. The molecule has 2 fully saturated rings. The van der Waals surface area contributed by atoms with Crippen molar-refractivity contribution in [1.29, 1.82) is 0 Å². The lowest BCUT2D eigenvalue weighted by Gasteiger charge is -2.20. The summed E-state index contributed by atoms with van der Waals surface area (Å²) in [4.78, 5) is 24.2. The molecule has 2 aliphatic rings. The molecule has 17 heavy (non-hydrogen) atoms. The number of hydrogen-bond acceptors (Lipinski definition) is 3. The molecule has 5 nitrogen and oxygen atoms in total. The van der Waals surface area contributed by atoms with Crippen LogP contribution in [-0.4, -0.2) is 47.6 Å². The van der Waals surface area contributed by atoms with Crippen LogP contribution in [0, 0.1) is 5.92 Å². The average molecular weight is 240 g/mol. The van der Waals surface area contributed by atoms with Gasteiger partial charge in [-0.15, -0.1) is 0 Å². The fourth-order valence-electron chi connectivity index (χ4n) is 1.89. The number of nitrogens with one attached hydrogen (secondary N) is 1. The highest BCUT2D eigenvalue weighted by Gasteiger charge is 2.30. The van der Waals surface area contributed by atoms with Crippen molar-refractivity contribution in [3.8, 4) is 0 Å². The number of nitrogens with zero attached hydrogens (tertiary/aromatic N) is 1. The molecule has 2 N–H and O–H groups in total. The van der Waals surface area contributed by atoms with E-state index in [9.17, 15) is 9.59 Å². The maximum atomic E-state index is 11.7. The summed E-state index contributed by atoms with van der Waals surface area (Å²) in [5.41, 5.74) is 0. The highest BCUT2D eigenvalue weighted by atomic mass is 16.4. The van der Waals surface area contributed by atoms with Gasteiger partial charge in [0.05, 0.1) is 13.0 Å². The maximum absolute atomic E-state index is 11.7. The number of carbonyl (C=O) groups excluding carboxylic acids is 1. The number of carboxylic acids is 1. The van der Waals surface area contributed by atoms with Gasteiger partial charge < -0.3 is 10.4 Å². The molecule has 0 aromatic rings. The highest BCUT2D eigenvalue weighted by molar-refractivity contribution is 5.78. The molecule has 0 spiro atoms. The maximum Gasteiger partial charge on any atom is 0.304 e. The quantitative estimate of drug-likeness (QED) is 0.646. The third-order valence-corrected chi connectivity index (χ3v) is 3.31. The first-order valence-corrected chi connectivity index (χ1v) is 6.37. The SMILES string of the molecule is O=C(O)CCN(CC(=O)NCC1CC1)C1CC1. The van der Waals surface area contributed by atoms with Gasteiger partial charge >= 0.3 is 5.97 Å². The third-order valence-electron chi connectivity index (χ3n) is 3.31. The molecule has 0 saturated heterocycles. The Labute approximate surface area is 101 Å². The Morgan fingerprint density at radius 1 is 1.24 bits per heavy atom. The van der Waals surface area contributed by atoms with Crippen molar-refractivity contribution in [3.63, 3.8) is 0 Å². The first-order chi connectivity index (χ1) is 8.15. The zero-order valence-electron chi connectivity index (χ0n) is 10.0. The van der Waals surface area contributed by atoms with Crippen molar-refractivity contribution in [2.45, 2.75) is 38.1 Å². The lowest BCUT2D eigenvalue weighted by molar-refractivity contribution is -0.137. The van der Waals surface area contributed by atoms with Crippen molar-refractivity contribution < 1.29 is 14.7 Å². The summed E-state index contributed by atoms with van der Waals surface area (Å²) in [5.74, 6) is -0.0735. The van der Waals surface area contributed by atoms with Crippen molar-refractivity contribution >= 4 is 11.9 Å². The van der Waals surface area contributed by atoms with Crippen LogP contribution in [0.5, 0.6) is 0 Å². The molecular weight excluding hydrogens is 220 g/mol. The second kappa shape index (κ2) is 5.49. The van der Waals surface area contributed by atoms with Crippen LogP contribution in [-0.2, 0) is 9.59 Å². The summed E-state index contributed by atoms with van der Waals surface area (Å²) in [5, 5.41) is 11.6. The van der Waals surface area contributed by atoms with Crippen molar-refractivity contribution in [2.75, 3.05) is 19.6 Å². The molecule has 0 aliphatic heterocycles. The highest BCUT2D eigenvalue weighted by Crippen LogP contribution is 2.28. The van der Waals surface area contributed by atoms with Gasteiger partial charge in [-0.2, -0.15) is 0 Å². The van der Waals surface area contributed by atoms with E-state index < -0.39 is 5.97 Å². The van der Waals surface area contributed by atoms with Crippen molar-refractivity contribution in [1.82, 2.24) is 10.2 Å². The minimum atomic E-state index is -0.797. The van der Waals surface area contributed by atoms with E-state index in [1.165, 1.54) is 12.8 Å². The van der Waals surface area contributed by atoms with Crippen molar-refractivity contribution in [3.05, 3.63) is 0 Å². The summed E-state index contributed by atoms with van der Waals surface area (Å²) in [7, 11) is 0. The molecule has 0 aromatic carbocycles. The summed E-state index contributed by atoms with van der Waals surface area (Å²) in [6.07, 6.45) is 4.76. The second-order valence-electron chi connectivity index (χ2n) is 5.09. The van der Waals surface area contributed by atoms with Crippen LogP contribution in [0.2, 0.25) is 0 Å². The van der Waals surface area contributed by atoms with Crippen LogP contribution in [0.15, 0.2) is 0 Å². The molecule has 0 heterocycles. The van der Waals surface area contributed by atoms with Gasteiger partial charge in [0.15, 0.2) is 0 Å². The lowest BCUT2D eigenvalue weighted by Crippen LogP contribution is -2.40. The van der Waals surface area contributed by atoms with E-state index in [2.05, 4.69) is 5.32 Å². The van der Waals surface area contributed by atoms with E-state index in [0.29, 0.717) is 25.0 Å². The smallest absolute Gasteiger partial charge is 0.304 e. The summed E-state index contributed by atoms with van der Waals surface area (Å²) in [6, 6.07) is 0.432. The Balaban J connectivity index is 1.67. The van der Waals surface area contributed by atoms with Gasteiger partial charge in [0.25, 0.3) is 0 Å². The van der Waals surface area contributed by atoms with Gasteiger partial charge in [-0.25, -0.2) is 0 Å². The summed E-state index contributed by atoms with van der Waals surface area (Å²) >= 11 is 0. The number of rotatable bonds is 8. The Hall–Kier alpha value is -1.10. The Kier molecular flexibility index (Phi) is 3.99. The van der Waals surface area contributed by atoms with Crippen LogP contribution in [0.1, 0.15) is 32.1 Å². The lowest BCUT2D eigenvalue weighted by atomic mass is 10.3. The topological polar surface area (TPSA) is 69.6 Å². The standard InChI is InChI=1S/C12H20N2O3/c15-11(13-7-9-1-2-9)8-14(10-3-4-10)6-5-12(16)17/h9-10H,1-8H2,(H,13,15)(H,16,17). The molecule has 5 heteroatoms. The molecule has 2 aliphatic carbocycles. The van der Waals surface area contributed by atoms with Gasteiger partial charge in [-0.05, 0) is 31.6 Å². The van der Waals surface area contributed by atoms with Gasteiger partial charge in [0.2, 0.25) is 5.91 Å². The Morgan fingerprint density at radius 3 is 2.47 bits per heavy atom. The molecule has 0 radical (unpaired) electrons. The van der Waals surface area contributed by atoms with E-state index >= 15 is 0 Å². The van der Waals surface area contributed by atoms with Gasteiger partial charge in [-0.3, -0.25) is 14.5 Å². The first-order valence-electron chi connectivity index (χ1n) is 6.37. The summed E-state index contributed by atoms with van der Waals surface area (Å²) in [6.45, 7) is 1.62. The fraction of sp³-hybridized carbons (Fsp3) is 0.833. The van der Waals surface area contributed by atoms with Crippen LogP contribution < -0.4 is 5.32 Å². The largest absolute Gasteiger partial charge is 0.481 e. The summed E-state index contributed by atoms with van der Waals surface area (Å²) < 4.78 is 0.